The van der Waals surface area contributed by atoms with Crippen LogP contribution < -0.4 is 9.80 Å². The van der Waals surface area contributed by atoms with E-state index in [1.807, 2.05) is 49.4 Å². The zero-order valence-electron chi connectivity index (χ0n) is 15.9. The lowest BCUT2D eigenvalue weighted by atomic mass is 10.1. The van der Waals surface area contributed by atoms with Gasteiger partial charge in [-0.25, -0.2) is 4.98 Å². The Morgan fingerprint density at radius 2 is 1.46 bits per heavy atom. The number of hydrogen-bond acceptors (Lipinski definition) is 4. The maximum Gasteiger partial charge on any atom is 0.421 e. The molecule has 0 aliphatic rings. The van der Waals surface area contributed by atoms with Crippen LogP contribution in [-0.4, -0.2) is 24.1 Å². The molecule has 0 aliphatic carbocycles. The highest BCUT2D eigenvalue weighted by atomic mass is 19.4. The van der Waals surface area contributed by atoms with Gasteiger partial charge in [0.15, 0.2) is 5.82 Å². The molecule has 7 heteroatoms. The molecule has 0 aliphatic heterocycles. The summed E-state index contributed by atoms with van der Waals surface area (Å²) < 4.78 is 40.7. The normalized spacial score (nSPS) is 11.4. The quantitative estimate of drug-likeness (QED) is 0.572. The molecule has 0 atom stereocenters. The summed E-state index contributed by atoms with van der Waals surface area (Å²) in [4.78, 5) is 11.3. The van der Waals surface area contributed by atoms with Gasteiger partial charge < -0.3 is 9.80 Å². The minimum atomic E-state index is -4.56. The Morgan fingerprint density at radius 1 is 0.857 bits per heavy atom. The summed E-state index contributed by atoms with van der Waals surface area (Å²) in [6.07, 6.45) is -2.86. The molecule has 0 radical (unpaired) electrons. The number of hydrogen-bond donors (Lipinski definition) is 0. The second-order valence-corrected chi connectivity index (χ2v) is 6.38. The van der Waals surface area contributed by atoms with Crippen LogP contribution >= 0.6 is 0 Å². The van der Waals surface area contributed by atoms with Crippen molar-refractivity contribution in [3.05, 3.63) is 71.9 Å². The van der Waals surface area contributed by atoms with Gasteiger partial charge in [0.2, 0.25) is 5.95 Å². The van der Waals surface area contributed by atoms with E-state index in [-0.39, 0.29) is 11.8 Å². The van der Waals surface area contributed by atoms with E-state index in [0.717, 1.165) is 23.9 Å². The number of aromatic nitrogens is 2. The number of anilines is 4. The van der Waals surface area contributed by atoms with Crippen LogP contribution in [0.25, 0.3) is 0 Å². The molecule has 3 rings (SSSR count). The second-order valence-electron chi connectivity index (χ2n) is 6.38. The number of aryl methyl sites for hydroxylation is 1. The number of rotatable bonds is 5. The number of benzene rings is 2. The maximum absolute atomic E-state index is 13.6. The molecular formula is C21H21F3N4. The first-order valence-electron chi connectivity index (χ1n) is 8.87. The van der Waals surface area contributed by atoms with E-state index in [0.29, 0.717) is 5.69 Å². The zero-order chi connectivity index (χ0) is 20.3. The van der Waals surface area contributed by atoms with Crippen LogP contribution in [0.2, 0.25) is 0 Å². The molecule has 1 heterocycles. The Labute approximate surface area is 162 Å². The van der Waals surface area contributed by atoms with E-state index in [1.54, 1.807) is 31.1 Å². The largest absolute Gasteiger partial charge is 0.421 e. The molecule has 0 saturated heterocycles. The monoisotopic (exact) mass is 386 g/mol. The highest BCUT2D eigenvalue weighted by molar-refractivity contribution is 5.65. The molecule has 146 valence electrons. The Bertz CT molecular complexity index is 925. The third kappa shape index (κ3) is 4.08. The Balaban J connectivity index is 2.05. The topological polar surface area (TPSA) is 32.3 Å². The van der Waals surface area contributed by atoms with E-state index in [1.165, 1.54) is 4.90 Å². The highest BCUT2D eigenvalue weighted by Gasteiger charge is 2.37. The summed E-state index contributed by atoms with van der Waals surface area (Å²) in [6, 6.07) is 16.6. The molecule has 0 bridgehead atoms. The van der Waals surface area contributed by atoms with E-state index in [9.17, 15) is 13.2 Å². The summed E-state index contributed by atoms with van der Waals surface area (Å²) in [7, 11) is 3.29. The van der Waals surface area contributed by atoms with Crippen molar-refractivity contribution in [1.29, 1.82) is 0 Å². The van der Waals surface area contributed by atoms with Gasteiger partial charge in [0.1, 0.15) is 5.56 Å². The third-order valence-corrected chi connectivity index (χ3v) is 4.55. The van der Waals surface area contributed by atoms with Crippen molar-refractivity contribution in [3.63, 3.8) is 0 Å². The SMILES string of the molecule is CCc1ccc(N(C)c2nc(N(C)c3ccccc3)ncc2C(F)(F)F)cc1. The predicted molar refractivity (Wildman–Crippen MR) is 105 cm³/mol. The molecule has 0 fully saturated rings. The fourth-order valence-electron chi connectivity index (χ4n) is 2.83. The molecule has 0 N–H and O–H groups in total. The third-order valence-electron chi connectivity index (χ3n) is 4.55. The summed E-state index contributed by atoms with van der Waals surface area (Å²) in [5.41, 5.74) is 1.64. The van der Waals surface area contributed by atoms with Gasteiger partial charge >= 0.3 is 6.18 Å². The first kappa shape index (κ1) is 19.7. The second kappa shape index (κ2) is 7.88. The molecule has 0 unspecified atom stereocenters. The van der Waals surface area contributed by atoms with Gasteiger partial charge in [0.25, 0.3) is 0 Å². The number of alkyl halides is 3. The molecule has 0 spiro atoms. The van der Waals surface area contributed by atoms with Crippen molar-refractivity contribution in [2.45, 2.75) is 19.5 Å². The van der Waals surface area contributed by atoms with Crippen LogP contribution in [0.5, 0.6) is 0 Å². The first-order chi connectivity index (χ1) is 13.3. The number of para-hydroxylation sites is 1. The van der Waals surface area contributed by atoms with Gasteiger partial charge in [0, 0.05) is 31.7 Å². The summed E-state index contributed by atoms with van der Waals surface area (Å²) in [5, 5.41) is 0. The fourth-order valence-corrected chi connectivity index (χ4v) is 2.83. The maximum atomic E-state index is 13.6. The van der Waals surface area contributed by atoms with Gasteiger partial charge in [0.05, 0.1) is 0 Å². The average molecular weight is 386 g/mol. The molecule has 1 aromatic heterocycles. The molecule has 28 heavy (non-hydrogen) atoms. The van der Waals surface area contributed by atoms with Gasteiger partial charge in [-0.15, -0.1) is 0 Å². The van der Waals surface area contributed by atoms with Crippen molar-refractivity contribution in [1.82, 2.24) is 9.97 Å². The van der Waals surface area contributed by atoms with Gasteiger partial charge in [-0.1, -0.05) is 37.3 Å². The first-order valence-corrected chi connectivity index (χ1v) is 8.87. The zero-order valence-corrected chi connectivity index (χ0v) is 15.9. The van der Waals surface area contributed by atoms with E-state index >= 15 is 0 Å². The van der Waals surface area contributed by atoms with E-state index in [4.69, 9.17) is 0 Å². The molecule has 2 aromatic carbocycles. The lowest BCUT2D eigenvalue weighted by molar-refractivity contribution is -0.137. The molecule has 3 aromatic rings. The fraction of sp³-hybridized carbons (Fsp3) is 0.238. The van der Waals surface area contributed by atoms with E-state index < -0.39 is 11.7 Å². The smallest absolute Gasteiger partial charge is 0.329 e. The number of halogens is 3. The van der Waals surface area contributed by atoms with Crippen LogP contribution in [0.15, 0.2) is 60.8 Å². The lowest BCUT2D eigenvalue weighted by Crippen LogP contribution is -2.21. The molecule has 4 nitrogen and oxygen atoms in total. The van der Waals surface area contributed by atoms with Gasteiger partial charge in [-0.2, -0.15) is 18.2 Å². The average Bonchev–Trinajstić information content (AvgIpc) is 2.72. The van der Waals surface area contributed by atoms with Crippen LogP contribution in [0.1, 0.15) is 18.1 Å². The van der Waals surface area contributed by atoms with Crippen molar-refractivity contribution in [2.75, 3.05) is 23.9 Å². The van der Waals surface area contributed by atoms with Crippen molar-refractivity contribution in [2.24, 2.45) is 0 Å². The van der Waals surface area contributed by atoms with Crippen LogP contribution in [0, 0.1) is 0 Å². The van der Waals surface area contributed by atoms with Gasteiger partial charge in [-0.05, 0) is 36.2 Å². The number of nitrogens with zero attached hydrogens (tertiary/aromatic N) is 4. The standard InChI is InChI=1S/C21H21F3N4/c1-4-15-10-12-17(13-11-15)27(2)19-18(21(22,23)24)14-25-20(26-19)28(3)16-8-6-5-7-9-16/h5-14H,4H2,1-3H3. The summed E-state index contributed by atoms with van der Waals surface area (Å²) in [6.45, 7) is 2.02. The van der Waals surface area contributed by atoms with Crippen LogP contribution in [0.3, 0.4) is 0 Å². The van der Waals surface area contributed by atoms with E-state index in [2.05, 4.69) is 9.97 Å². The highest BCUT2D eigenvalue weighted by Crippen LogP contribution is 2.38. The van der Waals surface area contributed by atoms with Gasteiger partial charge in [-0.3, -0.25) is 0 Å². The molecule has 0 saturated carbocycles. The van der Waals surface area contributed by atoms with Crippen molar-refractivity contribution in [3.8, 4) is 0 Å². The minimum Gasteiger partial charge on any atom is -0.329 e. The Hall–Kier alpha value is -3.09. The van der Waals surface area contributed by atoms with Crippen LogP contribution in [0.4, 0.5) is 36.3 Å². The minimum absolute atomic E-state index is 0.186. The summed E-state index contributed by atoms with van der Waals surface area (Å²) >= 11 is 0. The molecular weight excluding hydrogens is 365 g/mol. The Morgan fingerprint density at radius 3 is 2.04 bits per heavy atom. The Kier molecular flexibility index (Phi) is 5.53. The summed E-state index contributed by atoms with van der Waals surface area (Å²) in [5.74, 6) is -0.00393. The lowest BCUT2D eigenvalue weighted by Gasteiger charge is -2.25. The van der Waals surface area contributed by atoms with Crippen LogP contribution in [-0.2, 0) is 12.6 Å². The predicted octanol–water partition coefficient (Wildman–Crippen LogP) is 5.59. The van der Waals surface area contributed by atoms with Crippen molar-refractivity contribution < 1.29 is 13.2 Å². The van der Waals surface area contributed by atoms with Crippen molar-refractivity contribution >= 4 is 23.1 Å². The molecule has 0 amide bonds.